The van der Waals surface area contributed by atoms with E-state index in [4.69, 9.17) is 5.73 Å². The van der Waals surface area contributed by atoms with Gasteiger partial charge in [0.2, 0.25) is 0 Å². The first-order chi connectivity index (χ1) is 7.64. The van der Waals surface area contributed by atoms with Crippen LogP contribution >= 0.6 is 0 Å². The number of rotatable bonds is 2. The summed E-state index contributed by atoms with van der Waals surface area (Å²) in [5, 5.41) is 10.6. The molecule has 1 atom stereocenters. The Morgan fingerprint density at radius 1 is 1.35 bits per heavy atom. The molecule has 2 N–H and O–H groups in total. The van der Waals surface area contributed by atoms with Gasteiger partial charge in [0.05, 0.1) is 4.92 Å². The summed E-state index contributed by atoms with van der Waals surface area (Å²) in [6.45, 7) is 2.97. The first kappa shape index (κ1) is 13.4. The predicted octanol–water partition coefficient (Wildman–Crippen LogP) is 2.77. The van der Waals surface area contributed by atoms with Crippen LogP contribution in [0.1, 0.15) is 22.7 Å². The van der Waals surface area contributed by atoms with E-state index in [0.29, 0.717) is 11.1 Å². The molecule has 0 aromatic heterocycles. The van der Waals surface area contributed by atoms with Crippen LogP contribution in [0.3, 0.4) is 0 Å². The molecule has 0 spiro atoms. The Hall–Kier alpha value is -1.63. The zero-order valence-electron chi connectivity index (χ0n) is 9.21. The minimum absolute atomic E-state index is 0.260. The Kier molecular flexibility index (Phi) is 3.42. The molecule has 0 heterocycles. The van der Waals surface area contributed by atoms with Crippen molar-refractivity contribution in [3.8, 4) is 0 Å². The highest BCUT2D eigenvalue weighted by Gasteiger charge is 2.39. The summed E-state index contributed by atoms with van der Waals surface area (Å²) in [4.78, 5) is 9.84. The molecular formula is C10H11F3N2O2. The zero-order valence-corrected chi connectivity index (χ0v) is 9.21. The molecule has 0 aliphatic heterocycles. The fourth-order valence-corrected chi connectivity index (χ4v) is 1.47. The number of nitrogens with zero attached hydrogens (tertiary/aromatic N) is 1. The number of nitro groups is 1. The van der Waals surface area contributed by atoms with Gasteiger partial charge in [0.25, 0.3) is 5.69 Å². The van der Waals surface area contributed by atoms with Gasteiger partial charge in [-0.1, -0.05) is 0 Å². The minimum Gasteiger partial charge on any atom is -0.316 e. The second-order valence-electron chi connectivity index (χ2n) is 3.75. The van der Waals surface area contributed by atoms with Gasteiger partial charge in [-0.15, -0.1) is 0 Å². The summed E-state index contributed by atoms with van der Waals surface area (Å²) in [6.07, 6.45) is -4.62. The quantitative estimate of drug-likeness (QED) is 0.646. The van der Waals surface area contributed by atoms with Gasteiger partial charge < -0.3 is 5.73 Å². The molecule has 94 valence electrons. The van der Waals surface area contributed by atoms with Crippen LogP contribution in [-0.2, 0) is 0 Å². The highest BCUT2D eigenvalue weighted by Crippen LogP contribution is 2.34. The Labute approximate surface area is 95.4 Å². The van der Waals surface area contributed by atoms with E-state index in [9.17, 15) is 23.3 Å². The molecule has 0 fully saturated rings. The second-order valence-corrected chi connectivity index (χ2v) is 3.75. The lowest BCUT2D eigenvalue weighted by molar-refractivity contribution is -0.385. The number of non-ortho nitro benzene ring substituents is 1. The molecule has 0 bridgehead atoms. The van der Waals surface area contributed by atoms with E-state index >= 15 is 0 Å². The Morgan fingerprint density at radius 2 is 1.88 bits per heavy atom. The fraction of sp³-hybridized carbons (Fsp3) is 0.400. The summed E-state index contributed by atoms with van der Waals surface area (Å²) in [7, 11) is 0. The molecule has 1 unspecified atom stereocenters. The van der Waals surface area contributed by atoms with E-state index < -0.39 is 17.1 Å². The molecule has 1 rings (SSSR count). The van der Waals surface area contributed by atoms with E-state index in [1.165, 1.54) is 19.9 Å². The van der Waals surface area contributed by atoms with Crippen LogP contribution < -0.4 is 5.73 Å². The molecule has 7 heteroatoms. The molecular weight excluding hydrogens is 237 g/mol. The van der Waals surface area contributed by atoms with Crippen molar-refractivity contribution < 1.29 is 18.1 Å². The van der Waals surface area contributed by atoms with Gasteiger partial charge >= 0.3 is 6.18 Å². The number of aryl methyl sites for hydroxylation is 1. The van der Waals surface area contributed by atoms with Crippen molar-refractivity contribution in [1.82, 2.24) is 0 Å². The lowest BCUT2D eigenvalue weighted by Gasteiger charge is -2.18. The molecule has 0 radical (unpaired) electrons. The Morgan fingerprint density at radius 3 is 2.29 bits per heavy atom. The van der Waals surface area contributed by atoms with Crippen molar-refractivity contribution in [3.63, 3.8) is 0 Å². The molecule has 4 nitrogen and oxygen atoms in total. The van der Waals surface area contributed by atoms with E-state index in [1.807, 2.05) is 0 Å². The van der Waals surface area contributed by atoms with Gasteiger partial charge in [0, 0.05) is 12.1 Å². The molecule has 0 aliphatic carbocycles. The highest BCUT2D eigenvalue weighted by molar-refractivity contribution is 5.46. The molecule has 17 heavy (non-hydrogen) atoms. The molecule has 0 saturated carbocycles. The van der Waals surface area contributed by atoms with Crippen LogP contribution in [0, 0.1) is 24.0 Å². The van der Waals surface area contributed by atoms with Gasteiger partial charge in [-0.25, -0.2) is 0 Å². The topological polar surface area (TPSA) is 69.2 Å². The minimum atomic E-state index is -4.62. The van der Waals surface area contributed by atoms with Gasteiger partial charge in [-0.3, -0.25) is 10.1 Å². The third-order valence-corrected chi connectivity index (χ3v) is 2.59. The SMILES string of the molecule is Cc1cc([N+](=O)[O-])cc(C(N)C(F)(F)F)c1C. The van der Waals surface area contributed by atoms with Gasteiger partial charge in [0.1, 0.15) is 6.04 Å². The third-order valence-electron chi connectivity index (χ3n) is 2.59. The largest absolute Gasteiger partial charge is 0.407 e. The maximum atomic E-state index is 12.5. The summed E-state index contributed by atoms with van der Waals surface area (Å²) in [5.41, 5.74) is 5.15. The predicted molar refractivity (Wildman–Crippen MR) is 55.6 cm³/mol. The van der Waals surface area contributed by atoms with Gasteiger partial charge in [-0.2, -0.15) is 13.2 Å². The van der Waals surface area contributed by atoms with Crippen molar-refractivity contribution in [3.05, 3.63) is 38.9 Å². The molecule has 0 amide bonds. The number of hydrogen-bond acceptors (Lipinski definition) is 3. The molecule has 1 aromatic rings. The van der Waals surface area contributed by atoms with E-state index in [1.54, 1.807) is 0 Å². The lowest BCUT2D eigenvalue weighted by atomic mass is 9.96. The number of halogens is 3. The van der Waals surface area contributed by atoms with Crippen molar-refractivity contribution >= 4 is 5.69 Å². The number of alkyl halides is 3. The normalized spacial score (nSPS) is 13.5. The van der Waals surface area contributed by atoms with Crippen LogP contribution in [0.25, 0.3) is 0 Å². The lowest BCUT2D eigenvalue weighted by Crippen LogP contribution is -2.29. The smallest absolute Gasteiger partial charge is 0.316 e. The maximum absolute atomic E-state index is 12.5. The van der Waals surface area contributed by atoms with Crippen molar-refractivity contribution in [2.45, 2.75) is 26.1 Å². The maximum Gasteiger partial charge on any atom is 0.407 e. The van der Waals surface area contributed by atoms with Crippen molar-refractivity contribution in [1.29, 1.82) is 0 Å². The summed E-state index contributed by atoms with van der Waals surface area (Å²) >= 11 is 0. The van der Waals surface area contributed by atoms with E-state index in [0.717, 1.165) is 6.07 Å². The summed E-state index contributed by atoms with van der Waals surface area (Å²) in [6, 6.07) is -0.108. The standard InChI is InChI=1S/C10H11F3N2O2/c1-5-3-7(15(16)17)4-8(6(5)2)9(14)10(11,12)13/h3-4,9H,14H2,1-2H3. The highest BCUT2D eigenvalue weighted by atomic mass is 19.4. The number of nitro benzene ring substituents is 1. The van der Waals surface area contributed by atoms with Crippen molar-refractivity contribution in [2.75, 3.05) is 0 Å². The van der Waals surface area contributed by atoms with Crippen molar-refractivity contribution in [2.24, 2.45) is 5.73 Å². The van der Waals surface area contributed by atoms with Gasteiger partial charge in [-0.05, 0) is 30.5 Å². The number of hydrogen-bond donors (Lipinski definition) is 1. The number of nitrogens with two attached hydrogens (primary N) is 1. The average molecular weight is 248 g/mol. The van der Waals surface area contributed by atoms with Crippen LogP contribution in [0.2, 0.25) is 0 Å². The first-order valence-corrected chi connectivity index (χ1v) is 4.72. The molecule has 0 saturated heterocycles. The van der Waals surface area contributed by atoms with Crippen LogP contribution in [0.15, 0.2) is 12.1 Å². The Balaban J connectivity index is 3.37. The van der Waals surface area contributed by atoms with Crippen LogP contribution in [-0.4, -0.2) is 11.1 Å². The fourth-order valence-electron chi connectivity index (χ4n) is 1.47. The molecule has 0 aliphatic rings. The van der Waals surface area contributed by atoms with Gasteiger partial charge in [0.15, 0.2) is 0 Å². The zero-order chi connectivity index (χ0) is 13.4. The number of benzene rings is 1. The van der Waals surface area contributed by atoms with Crippen LogP contribution in [0.5, 0.6) is 0 Å². The summed E-state index contributed by atoms with van der Waals surface area (Å²) < 4.78 is 37.5. The average Bonchev–Trinajstić information content (AvgIpc) is 2.19. The summed E-state index contributed by atoms with van der Waals surface area (Å²) in [5.74, 6) is 0. The second kappa shape index (κ2) is 4.33. The Bertz CT molecular complexity index is 458. The monoisotopic (exact) mass is 248 g/mol. The third kappa shape index (κ3) is 2.73. The molecule has 1 aromatic carbocycles. The first-order valence-electron chi connectivity index (χ1n) is 4.72. The van der Waals surface area contributed by atoms with E-state index in [2.05, 4.69) is 0 Å². The van der Waals surface area contributed by atoms with E-state index in [-0.39, 0.29) is 11.3 Å². The van der Waals surface area contributed by atoms with Crippen LogP contribution in [0.4, 0.5) is 18.9 Å².